The molecule has 0 saturated heterocycles. The zero-order valence-corrected chi connectivity index (χ0v) is 10.2. The Balaban J connectivity index is 1.74. The van der Waals surface area contributed by atoms with Crippen molar-refractivity contribution in [2.45, 2.75) is 51.5 Å². The zero-order chi connectivity index (χ0) is 10.7. The summed E-state index contributed by atoms with van der Waals surface area (Å²) in [5.41, 5.74) is 0.570. The van der Waals surface area contributed by atoms with Gasteiger partial charge in [-0.05, 0) is 37.0 Å². The molecule has 2 aliphatic rings. The number of hydrogen-bond acceptors (Lipinski definition) is 2. The first-order valence-electron chi connectivity index (χ1n) is 6.46. The van der Waals surface area contributed by atoms with Crippen LogP contribution >= 0.6 is 0 Å². The van der Waals surface area contributed by atoms with Crippen LogP contribution in [-0.4, -0.2) is 26.3 Å². The third kappa shape index (κ3) is 3.18. The van der Waals surface area contributed by atoms with E-state index in [1.165, 1.54) is 45.1 Å². The molecule has 15 heavy (non-hydrogen) atoms. The van der Waals surface area contributed by atoms with Gasteiger partial charge in [-0.15, -0.1) is 0 Å². The minimum Gasteiger partial charge on any atom is -0.383 e. The minimum absolute atomic E-state index is 0.570. The van der Waals surface area contributed by atoms with Crippen molar-refractivity contribution >= 4 is 0 Å². The number of ether oxygens (including phenoxy) is 1. The SMILES string of the molecule is COCC(NCC1(C)CCCC1)C1CC1. The topological polar surface area (TPSA) is 21.3 Å². The van der Waals surface area contributed by atoms with Crippen LogP contribution in [0, 0.1) is 11.3 Å². The van der Waals surface area contributed by atoms with E-state index in [0.717, 1.165) is 12.5 Å². The van der Waals surface area contributed by atoms with Gasteiger partial charge in [0.05, 0.1) is 6.61 Å². The molecule has 0 heterocycles. The lowest BCUT2D eigenvalue weighted by Gasteiger charge is -2.27. The summed E-state index contributed by atoms with van der Waals surface area (Å²) >= 11 is 0. The molecule has 0 bridgehead atoms. The fourth-order valence-corrected chi connectivity index (χ4v) is 2.82. The van der Waals surface area contributed by atoms with Crippen molar-refractivity contribution in [3.05, 3.63) is 0 Å². The van der Waals surface area contributed by atoms with Crippen LogP contribution in [0.25, 0.3) is 0 Å². The highest BCUT2D eigenvalue weighted by Gasteiger charge is 2.34. The Hall–Kier alpha value is -0.0800. The highest BCUT2D eigenvalue weighted by molar-refractivity contribution is 4.89. The maximum Gasteiger partial charge on any atom is 0.0618 e. The highest BCUT2D eigenvalue weighted by atomic mass is 16.5. The summed E-state index contributed by atoms with van der Waals surface area (Å²) in [5, 5.41) is 3.74. The van der Waals surface area contributed by atoms with Crippen LogP contribution in [0.2, 0.25) is 0 Å². The van der Waals surface area contributed by atoms with E-state index in [1.807, 2.05) is 7.11 Å². The maximum absolute atomic E-state index is 5.29. The molecular weight excluding hydrogens is 186 g/mol. The van der Waals surface area contributed by atoms with Gasteiger partial charge in [0.25, 0.3) is 0 Å². The van der Waals surface area contributed by atoms with Crippen LogP contribution in [0.4, 0.5) is 0 Å². The van der Waals surface area contributed by atoms with Gasteiger partial charge in [-0.2, -0.15) is 0 Å². The lowest BCUT2D eigenvalue weighted by atomic mass is 9.88. The van der Waals surface area contributed by atoms with E-state index in [0.29, 0.717) is 11.5 Å². The van der Waals surface area contributed by atoms with Gasteiger partial charge < -0.3 is 10.1 Å². The molecule has 0 spiro atoms. The average molecular weight is 211 g/mol. The van der Waals surface area contributed by atoms with Gasteiger partial charge >= 0.3 is 0 Å². The zero-order valence-electron chi connectivity index (χ0n) is 10.2. The first-order valence-corrected chi connectivity index (χ1v) is 6.46. The fourth-order valence-electron chi connectivity index (χ4n) is 2.82. The van der Waals surface area contributed by atoms with E-state index >= 15 is 0 Å². The predicted molar refractivity (Wildman–Crippen MR) is 63.0 cm³/mol. The third-order valence-electron chi connectivity index (χ3n) is 4.14. The van der Waals surface area contributed by atoms with Crippen LogP contribution in [0.1, 0.15) is 45.4 Å². The van der Waals surface area contributed by atoms with Gasteiger partial charge in [0.15, 0.2) is 0 Å². The van der Waals surface area contributed by atoms with Crippen molar-refractivity contribution in [2.75, 3.05) is 20.3 Å². The molecule has 88 valence electrons. The van der Waals surface area contributed by atoms with Gasteiger partial charge in [0.1, 0.15) is 0 Å². The Bertz CT molecular complexity index is 195. The molecule has 0 radical (unpaired) electrons. The van der Waals surface area contributed by atoms with E-state index in [9.17, 15) is 0 Å². The van der Waals surface area contributed by atoms with Crippen LogP contribution < -0.4 is 5.32 Å². The van der Waals surface area contributed by atoms with Crippen molar-refractivity contribution in [1.29, 1.82) is 0 Å². The Morgan fingerprint density at radius 2 is 2.00 bits per heavy atom. The third-order valence-corrected chi connectivity index (χ3v) is 4.14. The molecule has 2 aliphatic carbocycles. The molecule has 0 amide bonds. The first kappa shape index (κ1) is 11.4. The maximum atomic E-state index is 5.29. The second-order valence-electron chi connectivity index (χ2n) is 5.80. The van der Waals surface area contributed by atoms with E-state index in [1.54, 1.807) is 0 Å². The van der Waals surface area contributed by atoms with Gasteiger partial charge in [0.2, 0.25) is 0 Å². The Kier molecular flexibility index (Phi) is 3.68. The fraction of sp³-hybridized carbons (Fsp3) is 1.00. The molecule has 0 aromatic heterocycles. The average Bonchev–Trinajstić information content (AvgIpc) is 2.97. The number of hydrogen-bond donors (Lipinski definition) is 1. The largest absolute Gasteiger partial charge is 0.383 e. The minimum atomic E-state index is 0.570. The first-order chi connectivity index (χ1) is 7.23. The lowest BCUT2D eigenvalue weighted by molar-refractivity contribution is 0.148. The molecular formula is C13H25NO. The number of rotatable bonds is 6. The van der Waals surface area contributed by atoms with Gasteiger partial charge in [0, 0.05) is 19.7 Å². The molecule has 1 unspecified atom stereocenters. The monoisotopic (exact) mass is 211 g/mol. The van der Waals surface area contributed by atoms with Crippen molar-refractivity contribution in [1.82, 2.24) is 5.32 Å². The van der Waals surface area contributed by atoms with Crippen LogP contribution in [-0.2, 0) is 4.74 Å². The van der Waals surface area contributed by atoms with Crippen molar-refractivity contribution < 1.29 is 4.74 Å². The number of methoxy groups -OCH3 is 1. The molecule has 0 aliphatic heterocycles. The molecule has 2 nitrogen and oxygen atoms in total. The summed E-state index contributed by atoms with van der Waals surface area (Å²) in [5.74, 6) is 0.898. The standard InChI is InChI=1S/C13H25NO/c1-13(7-3-4-8-13)10-14-12(9-15-2)11-5-6-11/h11-12,14H,3-10H2,1-2H3. The number of nitrogens with one attached hydrogen (secondary N) is 1. The summed E-state index contributed by atoms with van der Waals surface area (Å²) in [6.45, 7) is 4.52. The molecule has 1 atom stereocenters. The summed E-state index contributed by atoms with van der Waals surface area (Å²) in [7, 11) is 1.81. The normalized spacial score (nSPS) is 26.8. The molecule has 2 saturated carbocycles. The molecule has 2 rings (SSSR count). The second-order valence-corrected chi connectivity index (χ2v) is 5.80. The van der Waals surface area contributed by atoms with Crippen LogP contribution in [0.5, 0.6) is 0 Å². The summed E-state index contributed by atoms with van der Waals surface area (Å²) in [6, 6.07) is 0.618. The van der Waals surface area contributed by atoms with Gasteiger partial charge in [-0.25, -0.2) is 0 Å². The van der Waals surface area contributed by atoms with Crippen molar-refractivity contribution in [3.63, 3.8) is 0 Å². The Labute approximate surface area is 93.8 Å². The molecule has 1 N–H and O–H groups in total. The molecule has 2 fully saturated rings. The quantitative estimate of drug-likeness (QED) is 0.729. The Morgan fingerprint density at radius 1 is 1.33 bits per heavy atom. The van der Waals surface area contributed by atoms with Crippen molar-refractivity contribution in [2.24, 2.45) is 11.3 Å². The molecule has 0 aromatic rings. The summed E-state index contributed by atoms with van der Waals surface area (Å²) in [6.07, 6.45) is 8.47. The predicted octanol–water partition coefficient (Wildman–Crippen LogP) is 2.58. The second kappa shape index (κ2) is 4.84. The summed E-state index contributed by atoms with van der Waals surface area (Å²) < 4.78 is 5.29. The molecule has 2 heteroatoms. The Morgan fingerprint density at radius 3 is 2.53 bits per heavy atom. The van der Waals surface area contributed by atoms with E-state index in [4.69, 9.17) is 4.74 Å². The van der Waals surface area contributed by atoms with E-state index in [2.05, 4.69) is 12.2 Å². The van der Waals surface area contributed by atoms with E-state index < -0.39 is 0 Å². The van der Waals surface area contributed by atoms with Gasteiger partial charge in [-0.3, -0.25) is 0 Å². The summed E-state index contributed by atoms with van der Waals surface area (Å²) in [4.78, 5) is 0. The van der Waals surface area contributed by atoms with Crippen molar-refractivity contribution in [3.8, 4) is 0 Å². The lowest BCUT2D eigenvalue weighted by Crippen LogP contribution is -2.41. The smallest absolute Gasteiger partial charge is 0.0618 e. The van der Waals surface area contributed by atoms with E-state index in [-0.39, 0.29) is 0 Å². The van der Waals surface area contributed by atoms with Gasteiger partial charge in [-0.1, -0.05) is 19.8 Å². The molecule has 0 aromatic carbocycles. The highest BCUT2D eigenvalue weighted by Crippen LogP contribution is 2.38. The van der Waals surface area contributed by atoms with Crippen LogP contribution in [0.15, 0.2) is 0 Å². The van der Waals surface area contributed by atoms with Crippen LogP contribution in [0.3, 0.4) is 0 Å².